The van der Waals surface area contributed by atoms with E-state index in [1.165, 1.54) is 25.0 Å². The zero-order valence-electron chi connectivity index (χ0n) is 12.9. The van der Waals surface area contributed by atoms with E-state index < -0.39 is 0 Å². The van der Waals surface area contributed by atoms with E-state index in [-0.39, 0.29) is 11.2 Å². The van der Waals surface area contributed by atoms with Crippen LogP contribution in [0.5, 0.6) is 0 Å². The first-order valence-electron chi connectivity index (χ1n) is 7.69. The molecule has 4 heteroatoms. The van der Waals surface area contributed by atoms with Crippen LogP contribution in [0.2, 0.25) is 0 Å². The summed E-state index contributed by atoms with van der Waals surface area (Å²) < 4.78 is 15.7. The number of alkyl halides is 1. The quantitative estimate of drug-likeness (QED) is 0.659. The summed E-state index contributed by atoms with van der Waals surface area (Å²) in [4.78, 5) is 4.58. The summed E-state index contributed by atoms with van der Waals surface area (Å²) >= 11 is 6.32. The maximum atomic E-state index is 13.4. The van der Waals surface area contributed by atoms with Crippen molar-refractivity contribution < 1.29 is 4.39 Å². The normalized spacial score (nSPS) is 20.8. The van der Waals surface area contributed by atoms with E-state index in [1.54, 1.807) is 0 Å². The second kappa shape index (κ2) is 5.28. The Labute approximate surface area is 130 Å². The lowest BCUT2D eigenvalue weighted by Crippen LogP contribution is -2.24. The fourth-order valence-corrected chi connectivity index (χ4v) is 3.55. The van der Waals surface area contributed by atoms with Crippen LogP contribution in [0.1, 0.15) is 63.7 Å². The van der Waals surface area contributed by atoms with E-state index in [2.05, 4.69) is 23.4 Å². The molecule has 114 valence electrons. The molecule has 21 heavy (non-hydrogen) atoms. The Balaban J connectivity index is 2.06. The number of rotatable bonds is 2. The molecule has 1 heterocycles. The highest BCUT2D eigenvalue weighted by molar-refractivity contribution is 6.20. The average Bonchev–Trinajstić information content (AvgIpc) is 2.77. The molecule has 0 N–H and O–H groups in total. The van der Waals surface area contributed by atoms with Gasteiger partial charge in [-0.1, -0.05) is 13.8 Å². The molecule has 0 saturated heterocycles. The minimum Gasteiger partial charge on any atom is -0.324 e. The molecular formula is C17H22ClFN2. The number of fused-ring (bicyclic) bond motifs is 1. The Hall–Kier alpha value is -1.09. The summed E-state index contributed by atoms with van der Waals surface area (Å²) in [5, 5.41) is -0.171. The highest BCUT2D eigenvalue weighted by atomic mass is 35.5. The van der Waals surface area contributed by atoms with Crippen LogP contribution in [-0.2, 0) is 0 Å². The van der Waals surface area contributed by atoms with E-state index in [1.807, 2.05) is 13.0 Å². The lowest BCUT2D eigenvalue weighted by Gasteiger charge is -2.36. The topological polar surface area (TPSA) is 17.8 Å². The molecule has 0 bridgehead atoms. The summed E-state index contributed by atoms with van der Waals surface area (Å²) in [6.07, 6.45) is 4.67. The van der Waals surface area contributed by atoms with Gasteiger partial charge < -0.3 is 4.57 Å². The van der Waals surface area contributed by atoms with Gasteiger partial charge in [0, 0.05) is 12.1 Å². The van der Waals surface area contributed by atoms with E-state index in [0.717, 1.165) is 24.2 Å². The van der Waals surface area contributed by atoms with Gasteiger partial charge in [-0.2, -0.15) is 0 Å². The fourth-order valence-electron chi connectivity index (χ4n) is 3.40. The van der Waals surface area contributed by atoms with Gasteiger partial charge in [-0.15, -0.1) is 11.6 Å². The molecule has 0 amide bonds. The van der Waals surface area contributed by atoms with Crippen molar-refractivity contribution in [1.29, 1.82) is 0 Å². The van der Waals surface area contributed by atoms with Gasteiger partial charge >= 0.3 is 0 Å². The van der Waals surface area contributed by atoms with Gasteiger partial charge in [-0.3, -0.25) is 0 Å². The van der Waals surface area contributed by atoms with Crippen LogP contribution in [0.15, 0.2) is 18.2 Å². The van der Waals surface area contributed by atoms with Crippen LogP contribution in [0.25, 0.3) is 11.0 Å². The largest absolute Gasteiger partial charge is 0.324 e. The van der Waals surface area contributed by atoms with Gasteiger partial charge in [0.15, 0.2) is 0 Å². The van der Waals surface area contributed by atoms with Crippen LogP contribution in [0.3, 0.4) is 0 Å². The maximum absolute atomic E-state index is 13.4. The number of aromatic nitrogens is 2. The van der Waals surface area contributed by atoms with Gasteiger partial charge in [0.1, 0.15) is 11.6 Å². The Morgan fingerprint density at radius 3 is 2.62 bits per heavy atom. The lowest BCUT2D eigenvalue weighted by atomic mass is 9.75. The first-order chi connectivity index (χ1) is 9.87. The van der Waals surface area contributed by atoms with Crippen LogP contribution in [-0.4, -0.2) is 9.55 Å². The summed E-state index contributed by atoms with van der Waals surface area (Å²) in [6.45, 7) is 6.59. The van der Waals surface area contributed by atoms with Crippen LogP contribution in [0.4, 0.5) is 4.39 Å². The maximum Gasteiger partial charge on any atom is 0.127 e. The third-order valence-corrected chi connectivity index (χ3v) is 4.90. The Morgan fingerprint density at radius 2 is 2.00 bits per heavy atom. The number of imidazole rings is 1. The van der Waals surface area contributed by atoms with Gasteiger partial charge in [0.25, 0.3) is 0 Å². The standard InChI is InChI=1S/C17H22ClFN2/c1-11(18)16-20-14-10-12(19)4-5-15(14)21(16)13-6-8-17(2,3)9-7-13/h4-5,10-11,13H,6-9H2,1-3H3. The molecule has 0 spiro atoms. The number of benzene rings is 1. The van der Waals surface area contributed by atoms with Crippen molar-refractivity contribution in [3.63, 3.8) is 0 Å². The zero-order chi connectivity index (χ0) is 15.2. The smallest absolute Gasteiger partial charge is 0.127 e. The van der Waals surface area contributed by atoms with Crippen LogP contribution in [0, 0.1) is 11.2 Å². The molecule has 1 atom stereocenters. The Bertz CT molecular complexity index is 650. The number of nitrogens with zero attached hydrogens (tertiary/aromatic N) is 2. The first kappa shape index (κ1) is 14.8. The third-order valence-electron chi connectivity index (χ3n) is 4.71. The van der Waals surface area contributed by atoms with Crippen LogP contribution < -0.4 is 0 Å². The molecule has 0 radical (unpaired) electrons. The molecule has 1 fully saturated rings. The van der Waals surface area contributed by atoms with E-state index >= 15 is 0 Å². The van der Waals surface area contributed by atoms with Crippen molar-refractivity contribution in [2.24, 2.45) is 5.41 Å². The van der Waals surface area contributed by atoms with Crippen LogP contribution >= 0.6 is 11.6 Å². The van der Waals surface area contributed by atoms with Crippen molar-refractivity contribution in [2.45, 2.75) is 57.9 Å². The monoisotopic (exact) mass is 308 g/mol. The summed E-state index contributed by atoms with van der Waals surface area (Å²) in [5.74, 6) is 0.618. The van der Waals surface area contributed by atoms with Crippen molar-refractivity contribution in [3.8, 4) is 0 Å². The molecular weight excluding hydrogens is 287 g/mol. The SMILES string of the molecule is CC(Cl)c1nc2cc(F)ccc2n1C1CCC(C)(C)CC1. The molecule has 2 aromatic rings. The predicted octanol–water partition coefficient (Wildman–Crippen LogP) is 5.62. The minimum absolute atomic E-state index is 0.171. The second-order valence-corrected chi connectivity index (χ2v) is 7.64. The Morgan fingerprint density at radius 1 is 1.33 bits per heavy atom. The summed E-state index contributed by atoms with van der Waals surface area (Å²) in [7, 11) is 0. The second-order valence-electron chi connectivity index (χ2n) is 6.98. The summed E-state index contributed by atoms with van der Waals surface area (Å²) in [5.41, 5.74) is 2.14. The Kier molecular flexibility index (Phi) is 3.73. The highest BCUT2D eigenvalue weighted by Gasteiger charge is 2.30. The van der Waals surface area contributed by atoms with E-state index in [0.29, 0.717) is 17.0 Å². The van der Waals surface area contributed by atoms with E-state index in [9.17, 15) is 4.39 Å². The molecule has 1 aromatic carbocycles. The average molecular weight is 309 g/mol. The number of hydrogen-bond acceptors (Lipinski definition) is 1. The highest BCUT2D eigenvalue weighted by Crippen LogP contribution is 2.42. The molecule has 1 unspecified atom stereocenters. The molecule has 1 aliphatic rings. The molecule has 1 aliphatic carbocycles. The zero-order valence-corrected chi connectivity index (χ0v) is 13.6. The van der Waals surface area contributed by atoms with Gasteiger partial charge in [-0.25, -0.2) is 9.37 Å². The van der Waals surface area contributed by atoms with Gasteiger partial charge in [0.05, 0.1) is 16.4 Å². The molecule has 2 nitrogen and oxygen atoms in total. The van der Waals surface area contributed by atoms with Gasteiger partial charge in [-0.05, 0) is 50.2 Å². The van der Waals surface area contributed by atoms with Crippen molar-refractivity contribution in [2.75, 3.05) is 0 Å². The molecule has 1 saturated carbocycles. The predicted molar refractivity (Wildman–Crippen MR) is 85.2 cm³/mol. The summed E-state index contributed by atoms with van der Waals surface area (Å²) in [6, 6.07) is 5.27. The number of hydrogen-bond donors (Lipinski definition) is 0. The van der Waals surface area contributed by atoms with Crippen molar-refractivity contribution >= 4 is 22.6 Å². The van der Waals surface area contributed by atoms with Crippen molar-refractivity contribution in [3.05, 3.63) is 29.8 Å². The first-order valence-corrected chi connectivity index (χ1v) is 8.12. The lowest BCUT2D eigenvalue weighted by molar-refractivity contribution is 0.194. The molecule has 1 aromatic heterocycles. The number of halogens is 2. The molecule has 0 aliphatic heterocycles. The molecule has 3 rings (SSSR count). The van der Waals surface area contributed by atoms with E-state index in [4.69, 9.17) is 11.6 Å². The third kappa shape index (κ3) is 2.80. The van der Waals surface area contributed by atoms with Gasteiger partial charge in [0.2, 0.25) is 0 Å². The fraction of sp³-hybridized carbons (Fsp3) is 0.588. The minimum atomic E-state index is -0.245. The van der Waals surface area contributed by atoms with Crippen molar-refractivity contribution in [1.82, 2.24) is 9.55 Å².